The molecule has 0 N–H and O–H groups in total. The predicted octanol–water partition coefficient (Wildman–Crippen LogP) is 2.87. The molecule has 0 saturated carbocycles. The number of carbonyl (C=O) groups is 1. The van der Waals surface area contributed by atoms with Gasteiger partial charge in [-0.25, -0.2) is 0 Å². The van der Waals surface area contributed by atoms with E-state index in [-0.39, 0.29) is 5.91 Å². The van der Waals surface area contributed by atoms with Gasteiger partial charge in [0.1, 0.15) is 0 Å². The fourth-order valence-electron chi connectivity index (χ4n) is 3.03. The zero-order valence-corrected chi connectivity index (χ0v) is 12.7. The van der Waals surface area contributed by atoms with Gasteiger partial charge in [0.25, 0.3) is 0 Å². The smallest absolute Gasteiger partial charge is 0.228 e. The molecule has 21 heavy (non-hydrogen) atoms. The number of anilines is 1. The second kappa shape index (κ2) is 5.72. The highest BCUT2D eigenvalue weighted by atomic mass is 16.2. The fourth-order valence-corrected chi connectivity index (χ4v) is 3.03. The first-order valence-electron chi connectivity index (χ1n) is 7.53. The molecule has 4 nitrogen and oxygen atoms in total. The number of carbonyl (C=O) groups excluding carboxylic acids is 1. The lowest BCUT2D eigenvalue weighted by atomic mass is 9.98. The molecule has 1 aliphatic rings. The lowest BCUT2D eigenvalue weighted by Gasteiger charge is -2.31. The van der Waals surface area contributed by atoms with Crippen LogP contribution in [0.3, 0.4) is 0 Å². The van der Waals surface area contributed by atoms with Crippen LogP contribution in [0.2, 0.25) is 0 Å². The summed E-state index contributed by atoms with van der Waals surface area (Å²) in [5.41, 5.74) is 4.74. The van der Waals surface area contributed by atoms with Crippen molar-refractivity contribution in [1.29, 1.82) is 0 Å². The van der Waals surface area contributed by atoms with Gasteiger partial charge in [0.05, 0.1) is 6.20 Å². The number of hydrogen-bond acceptors (Lipinski definition) is 2. The monoisotopic (exact) mass is 283 g/mol. The Labute approximate surface area is 125 Å². The van der Waals surface area contributed by atoms with Crippen LogP contribution >= 0.6 is 0 Å². The van der Waals surface area contributed by atoms with E-state index in [2.05, 4.69) is 30.2 Å². The molecule has 1 amide bonds. The van der Waals surface area contributed by atoms with Gasteiger partial charge in [0, 0.05) is 31.4 Å². The van der Waals surface area contributed by atoms with Crippen LogP contribution in [-0.2, 0) is 17.8 Å². The van der Waals surface area contributed by atoms with E-state index in [1.807, 2.05) is 28.9 Å². The van der Waals surface area contributed by atoms with Gasteiger partial charge in [0.15, 0.2) is 0 Å². The third-order valence-corrected chi connectivity index (χ3v) is 4.04. The van der Waals surface area contributed by atoms with E-state index in [9.17, 15) is 4.79 Å². The highest BCUT2D eigenvalue weighted by Gasteiger charge is 2.23. The molecule has 4 heteroatoms. The van der Waals surface area contributed by atoms with Crippen LogP contribution in [-0.4, -0.2) is 22.2 Å². The summed E-state index contributed by atoms with van der Waals surface area (Å²) in [6.45, 7) is 5.57. The van der Waals surface area contributed by atoms with Crippen molar-refractivity contribution in [2.75, 3.05) is 11.4 Å². The molecule has 1 aliphatic heterocycles. The van der Waals surface area contributed by atoms with E-state index >= 15 is 0 Å². The summed E-state index contributed by atoms with van der Waals surface area (Å²) >= 11 is 0. The van der Waals surface area contributed by atoms with E-state index in [1.165, 1.54) is 11.1 Å². The zero-order chi connectivity index (χ0) is 14.8. The Hall–Kier alpha value is -2.10. The SMILES string of the molecule is Cc1cnn(CCC(=O)N2CCCc3cccc(C)c32)c1. The molecule has 110 valence electrons. The number of rotatable bonds is 3. The van der Waals surface area contributed by atoms with Gasteiger partial charge in [-0.15, -0.1) is 0 Å². The first kappa shape index (κ1) is 13.9. The van der Waals surface area contributed by atoms with Gasteiger partial charge >= 0.3 is 0 Å². The molecule has 0 fully saturated rings. The van der Waals surface area contributed by atoms with Crippen molar-refractivity contribution in [3.8, 4) is 0 Å². The molecule has 2 heterocycles. The Bertz CT molecular complexity index is 660. The molecule has 0 bridgehead atoms. The Morgan fingerprint density at radius 1 is 1.33 bits per heavy atom. The van der Waals surface area contributed by atoms with Gasteiger partial charge in [-0.1, -0.05) is 18.2 Å². The molecule has 0 unspecified atom stereocenters. The lowest BCUT2D eigenvalue weighted by Crippen LogP contribution is -2.36. The molecule has 1 aromatic heterocycles. The molecule has 1 aromatic carbocycles. The molecule has 0 atom stereocenters. The van der Waals surface area contributed by atoms with E-state index in [1.54, 1.807) is 0 Å². The molecule has 0 spiro atoms. The summed E-state index contributed by atoms with van der Waals surface area (Å²) < 4.78 is 1.84. The van der Waals surface area contributed by atoms with Crippen LogP contribution in [0.4, 0.5) is 5.69 Å². The van der Waals surface area contributed by atoms with Crippen molar-refractivity contribution in [2.45, 2.75) is 39.7 Å². The minimum atomic E-state index is 0.193. The Balaban J connectivity index is 1.74. The molecule has 0 saturated heterocycles. The lowest BCUT2D eigenvalue weighted by molar-refractivity contribution is -0.119. The highest BCUT2D eigenvalue weighted by Crippen LogP contribution is 2.30. The first-order valence-corrected chi connectivity index (χ1v) is 7.53. The number of aryl methyl sites for hydroxylation is 4. The number of fused-ring (bicyclic) bond motifs is 1. The van der Waals surface area contributed by atoms with Gasteiger partial charge < -0.3 is 4.90 Å². The van der Waals surface area contributed by atoms with E-state index in [0.717, 1.165) is 30.6 Å². The quantitative estimate of drug-likeness (QED) is 0.868. The van der Waals surface area contributed by atoms with Crippen LogP contribution < -0.4 is 4.90 Å². The third-order valence-electron chi connectivity index (χ3n) is 4.04. The zero-order valence-electron chi connectivity index (χ0n) is 12.7. The highest BCUT2D eigenvalue weighted by molar-refractivity contribution is 5.95. The van der Waals surface area contributed by atoms with Crippen molar-refractivity contribution in [1.82, 2.24) is 9.78 Å². The summed E-state index contributed by atoms with van der Waals surface area (Å²) in [4.78, 5) is 14.5. The second-order valence-electron chi connectivity index (χ2n) is 5.76. The molecular weight excluding hydrogens is 262 g/mol. The van der Waals surface area contributed by atoms with Crippen LogP contribution in [0.5, 0.6) is 0 Å². The number of hydrogen-bond donors (Lipinski definition) is 0. The topological polar surface area (TPSA) is 38.1 Å². The molecular formula is C17H21N3O. The molecule has 3 rings (SSSR count). The van der Waals surface area contributed by atoms with Gasteiger partial charge in [-0.3, -0.25) is 9.48 Å². The largest absolute Gasteiger partial charge is 0.312 e. The van der Waals surface area contributed by atoms with E-state index < -0.39 is 0 Å². The van der Waals surface area contributed by atoms with Gasteiger partial charge in [0.2, 0.25) is 5.91 Å². The summed E-state index contributed by atoms with van der Waals surface area (Å²) in [5, 5.41) is 4.24. The fraction of sp³-hybridized carbons (Fsp3) is 0.412. The van der Waals surface area contributed by atoms with Gasteiger partial charge in [-0.2, -0.15) is 5.10 Å². The van der Waals surface area contributed by atoms with Crippen LogP contribution in [0, 0.1) is 13.8 Å². The summed E-state index contributed by atoms with van der Waals surface area (Å²) in [6.07, 6.45) is 6.41. The number of aromatic nitrogens is 2. The van der Waals surface area contributed by atoms with Crippen LogP contribution in [0.1, 0.15) is 29.5 Å². The molecule has 2 aromatic rings. The summed E-state index contributed by atoms with van der Waals surface area (Å²) in [6, 6.07) is 6.30. The van der Waals surface area contributed by atoms with Crippen molar-refractivity contribution in [3.05, 3.63) is 47.3 Å². The normalized spacial score (nSPS) is 14.1. The van der Waals surface area contributed by atoms with Crippen LogP contribution in [0.15, 0.2) is 30.6 Å². The maximum Gasteiger partial charge on any atom is 0.228 e. The standard InChI is InChI=1S/C17H21N3O/c1-13-11-18-19(12-13)10-8-16(21)20-9-4-7-15-6-3-5-14(2)17(15)20/h3,5-6,11-12H,4,7-10H2,1-2H3. The minimum Gasteiger partial charge on any atom is -0.312 e. The van der Waals surface area contributed by atoms with Crippen molar-refractivity contribution < 1.29 is 4.79 Å². The Morgan fingerprint density at radius 3 is 2.95 bits per heavy atom. The van der Waals surface area contributed by atoms with Gasteiger partial charge in [-0.05, 0) is 43.4 Å². The minimum absolute atomic E-state index is 0.193. The Morgan fingerprint density at radius 2 is 2.19 bits per heavy atom. The summed E-state index contributed by atoms with van der Waals surface area (Å²) in [5.74, 6) is 0.193. The van der Waals surface area contributed by atoms with Crippen LogP contribution in [0.25, 0.3) is 0 Å². The maximum absolute atomic E-state index is 12.6. The predicted molar refractivity (Wildman–Crippen MR) is 83.4 cm³/mol. The number of para-hydroxylation sites is 1. The number of amides is 1. The van der Waals surface area contributed by atoms with Crippen molar-refractivity contribution >= 4 is 11.6 Å². The maximum atomic E-state index is 12.6. The number of benzene rings is 1. The van der Waals surface area contributed by atoms with E-state index in [4.69, 9.17) is 0 Å². The Kier molecular flexibility index (Phi) is 3.78. The third kappa shape index (κ3) is 2.84. The first-order chi connectivity index (χ1) is 10.1. The van der Waals surface area contributed by atoms with E-state index in [0.29, 0.717) is 13.0 Å². The van der Waals surface area contributed by atoms with Crippen molar-refractivity contribution in [3.63, 3.8) is 0 Å². The van der Waals surface area contributed by atoms with Crippen molar-refractivity contribution in [2.24, 2.45) is 0 Å². The molecule has 0 radical (unpaired) electrons. The number of nitrogens with zero attached hydrogens (tertiary/aromatic N) is 3. The summed E-state index contributed by atoms with van der Waals surface area (Å²) in [7, 11) is 0. The average molecular weight is 283 g/mol. The average Bonchev–Trinajstić information content (AvgIpc) is 2.90. The second-order valence-corrected chi connectivity index (χ2v) is 5.76. The molecule has 0 aliphatic carbocycles.